The average molecular weight is 235 g/mol. The molecule has 0 radical (unpaired) electrons. The summed E-state index contributed by atoms with van der Waals surface area (Å²) in [4.78, 5) is 7.25. The second-order valence-electron chi connectivity index (χ2n) is 3.12. The number of aromatic nitrogens is 2. The van der Waals surface area contributed by atoms with E-state index in [0.717, 1.165) is 6.33 Å². The Kier molecular flexibility index (Phi) is 4.48. The molecule has 0 aromatic carbocycles. The lowest BCUT2D eigenvalue weighted by molar-refractivity contribution is 0.00377. The minimum Gasteiger partial charge on any atom is -0.385 e. The lowest BCUT2D eigenvalue weighted by atomic mass is 10.3. The molecule has 90 valence electrons. The lowest BCUT2D eigenvalue weighted by Gasteiger charge is -2.12. The van der Waals surface area contributed by atoms with Gasteiger partial charge in [-0.3, -0.25) is 0 Å². The Labute approximate surface area is 90.5 Å². The van der Waals surface area contributed by atoms with Crippen LogP contribution in [0.1, 0.15) is 12.6 Å². The first-order chi connectivity index (χ1) is 7.56. The van der Waals surface area contributed by atoms with Crippen LogP contribution in [0.3, 0.4) is 0 Å². The van der Waals surface area contributed by atoms with Gasteiger partial charge in [0.2, 0.25) is 0 Å². The minimum absolute atomic E-state index is 0.174. The van der Waals surface area contributed by atoms with Crippen molar-refractivity contribution in [2.24, 2.45) is 0 Å². The third-order valence-electron chi connectivity index (χ3n) is 1.97. The molecule has 0 fully saturated rings. The molecule has 1 unspecified atom stereocenters. The van der Waals surface area contributed by atoms with Crippen molar-refractivity contribution in [1.29, 1.82) is 0 Å². The van der Waals surface area contributed by atoms with Crippen molar-refractivity contribution in [3.05, 3.63) is 17.8 Å². The number of anilines is 1. The molecule has 7 heteroatoms. The monoisotopic (exact) mass is 235 g/mol. The summed E-state index contributed by atoms with van der Waals surface area (Å²) < 4.78 is 37.4. The highest BCUT2D eigenvalue weighted by Crippen LogP contribution is 2.13. The van der Waals surface area contributed by atoms with Crippen molar-refractivity contribution >= 4 is 5.82 Å². The van der Waals surface area contributed by atoms with Crippen molar-refractivity contribution in [1.82, 2.24) is 9.97 Å². The van der Waals surface area contributed by atoms with Gasteiger partial charge in [-0.2, -0.15) is 0 Å². The van der Waals surface area contributed by atoms with E-state index in [2.05, 4.69) is 15.3 Å². The zero-order chi connectivity index (χ0) is 12.1. The largest absolute Gasteiger partial charge is 0.385 e. The van der Waals surface area contributed by atoms with E-state index >= 15 is 0 Å². The number of rotatable bonds is 5. The fourth-order valence-electron chi connectivity index (χ4n) is 1.07. The molecule has 0 bridgehead atoms. The third-order valence-corrected chi connectivity index (χ3v) is 1.97. The van der Waals surface area contributed by atoms with Gasteiger partial charge in [-0.25, -0.2) is 23.1 Å². The number of aryl methyl sites for hydroxylation is 1. The van der Waals surface area contributed by atoms with Crippen LogP contribution in [-0.4, -0.2) is 34.1 Å². The van der Waals surface area contributed by atoms with E-state index in [1.165, 1.54) is 0 Å². The van der Waals surface area contributed by atoms with Crippen molar-refractivity contribution in [3.63, 3.8) is 0 Å². The molecular formula is C9H12F3N3O. The molecule has 1 atom stereocenters. The van der Waals surface area contributed by atoms with Crippen LogP contribution in [0, 0.1) is 5.82 Å². The first kappa shape index (κ1) is 12.7. The highest BCUT2D eigenvalue weighted by atomic mass is 19.3. The molecular weight excluding hydrogens is 223 g/mol. The number of aliphatic hydroxyl groups is 1. The number of aliphatic hydroxyl groups excluding tert-OH is 1. The predicted octanol–water partition coefficient (Wildman–Crippen LogP) is 1.22. The van der Waals surface area contributed by atoms with Gasteiger partial charge in [-0.1, -0.05) is 6.92 Å². The van der Waals surface area contributed by atoms with Crippen LogP contribution in [0.4, 0.5) is 19.0 Å². The van der Waals surface area contributed by atoms with Crippen molar-refractivity contribution in [2.75, 3.05) is 11.9 Å². The zero-order valence-electron chi connectivity index (χ0n) is 8.62. The summed E-state index contributed by atoms with van der Waals surface area (Å²) in [7, 11) is 0. The van der Waals surface area contributed by atoms with Gasteiger partial charge in [0.1, 0.15) is 12.4 Å². The van der Waals surface area contributed by atoms with E-state index in [1.54, 1.807) is 6.92 Å². The maximum absolute atomic E-state index is 13.5. The Balaban J connectivity index is 2.67. The van der Waals surface area contributed by atoms with Gasteiger partial charge in [0.05, 0.1) is 5.69 Å². The van der Waals surface area contributed by atoms with Crippen molar-refractivity contribution < 1.29 is 18.3 Å². The summed E-state index contributed by atoms with van der Waals surface area (Å²) in [6.45, 7) is 1.25. The Bertz CT molecular complexity index is 349. The molecule has 0 aliphatic heterocycles. The standard InChI is InChI=1S/C9H12F3N3O/c1-2-5-7(10)9(15-4-14-5)13-3-6(16)8(11)12/h4,6,8,16H,2-3H2,1H3,(H,13,14,15). The van der Waals surface area contributed by atoms with E-state index < -0.39 is 24.9 Å². The maximum atomic E-state index is 13.5. The summed E-state index contributed by atoms with van der Waals surface area (Å²) in [6.07, 6.45) is -3.21. The van der Waals surface area contributed by atoms with Gasteiger partial charge < -0.3 is 10.4 Å². The molecule has 1 aromatic heterocycles. The Morgan fingerprint density at radius 1 is 1.44 bits per heavy atom. The van der Waals surface area contributed by atoms with E-state index in [-0.39, 0.29) is 11.5 Å². The van der Waals surface area contributed by atoms with Gasteiger partial charge in [0.15, 0.2) is 11.6 Å². The summed E-state index contributed by atoms with van der Waals surface area (Å²) in [5.74, 6) is -0.849. The number of nitrogens with zero attached hydrogens (tertiary/aromatic N) is 2. The fraction of sp³-hybridized carbons (Fsp3) is 0.556. The fourth-order valence-corrected chi connectivity index (χ4v) is 1.07. The summed E-state index contributed by atoms with van der Waals surface area (Å²) in [6, 6.07) is 0. The lowest BCUT2D eigenvalue weighted by Crippen LogP contribution is -2.27. The van der Waals surface area contributed by atoms with E-state index in [4.69, 9.17) is 5.11 Å². The van der Waals surface area contributed by atoms with E-state index in [1.807, 2.05) is 0 Å². The average Bonchev–Trinajstić information content (AvgIpc) is 2.27. The SMILES string of the molecule is CCc1ncnc(NCC(O)C(F)F)c1F. The summed E-state index contributed by atoms with van der Waals surface area (Å²) >= 11 is 0. The molecule has 1 rings (SSSR count). The smallest absolute Gasteiger partial charge is 0.265 e. The highest BCUT2D eigenvalue weighted by molar-refractivity contribution is 5.37. The minimum atomic E-state index is -2.87. The predicted molar refractivity (Wildman–Crippen MR) is 51.9 cm³/mol. The summed E-state index contributed by atoms with van der Waals surface area (Å²) in [5, 5.41) is 11.1. The zero-order valence-corrected chi connectivity index (χ0v) is 8.62. The first-order valence-corrected chi connectivity index (χ1v) is 4.75. The van der Waals surface area contributed by atoms with Crippen molar-refractivity contribution in [2.45, 2.75) is 25.9 Å². The normalized spacial score (nSPS) is 12.9. The molecule has 4 nitrogen and oxygen atoms in total. The topological polar surface area (TPSA) is 58.0 Å². The molecule has 1 heterocycles. The van der Waals surface area contributed by atoms with Gasteiger partial charge in [0, 0.05) is 6.54 Å². The quantitative estimate of drug-likeness (QED) is 0.805. The molecule has 0 amide bonds. The number of alkyl halides is 2. The first-order valence-electron chi connectivity index (χ1n) is 4.75. The molecule has 2 N–H and O–H groups in total. The van der Waals surface area contributed by atoms with Gasteiger partial charge in [0.25, 0.3) is 6.43 Å². The van der Waals surface area contributed by atoms with E-state index in [9.17, 15) is 13.2 Å². The van der Waals surface area contributed by atoms with Crippen LogP contribution in [0.2, 0.25) is 0 Å². The number of halogens is 3. The molecule has 0 aliphatic carbocycles. The molecule has 0 saturated carbocycles. The van der Waals surface area contributed by atoms with Crippen LogP contribution < -0.4 is 5.32 Å². The van der Waals surface area contributed by atoms with Crippen molar-refractivity contribution in [3.8, 4) is 0 Å². The van der Waals surface area contributed by atoms with Crippen LogP contribution in [-0.2, 0) is 6.42 Å². The molecule has 0 saturated heterocycles. The Morgan fingerprint density at radius 3 is 2.69 bits per heavy atom. The van der Waals surface area contributed by atoms with Crippen LogP contribution in [0.15, 0.2) is 6.33 Å². The second kappa shape index (κ2) is 5.64. The number of hydrogen-bond acceptors (Lipinski definition) is 4. The Hall–Kier alpha value is -1.37. The number of nitrogens with one attached hydrogen (secondary N) is 1. The maximum Gasteiger partial charge on any atom is 0.265 e. The molecule has 0 aliphatic rings. The van der Waals surface area contributed by atoms with Crippen LogP contribution in [0.5, 0.6) is 0 Å². The molecule has 1 aromatic rings. The third kappa shape index (κ3) is 3.06. The van der Waals surface area contributed by atoms with Crippen LogP contribution >= 0.6 is 0 Å². The van der Waals surface area contributed by atoms with Gasteiger partial charge >= 0.3 is 0 Å². The number of hydrogen-bond donors (Lipinski definition) is 2. The van der Waals surface area contributed by atoms with E-state index in [0.29, 0.717) is 6.42 Å². The van der Waals surface area contributed by atoms with Gasteiger partial charge in [-0.15, -0.1) is 0 Å². The summed E-state index contributed by atoms with van der Waals surface area (Å²) in [5.41, 5.74) is 0.198. The molecule has 16 heavy (non-hydrogen) atoms. The van der Waals surface area contributed by atoms with Gasteiger partial charge in [-0.05, 0) is 6.42 Å². The van der Waals surface area contributed by atoms with Crippen LogP contribution in [0.25, 0.3) is 0 Å². The Morgan fingerprint density at radius 2 is 2.12 bits per heavy atom. The second-order valence-corrected chi connectivity index (χ2v) is 3.12. The highest BCUT2D eigenvalue weighted by Gasteiger charge is 2.17. The molecule has 0 spiro atoms.